The zero-order valence-corrected chi connectivity index (χ0v) is 11.8. The van der Waals surface area contributed by atoms with Gasteiger partial charge in [-0.05, 0) is 28.5 Å². The third kappa shape index (κ3) is 3.57. The van der Waals surface area contributed by atoms with Crippen molar-refractivity contribution in [2.45, 2.75) is 20.3 Å². The number of aromatic nitrogens is 5. The van der Waals surface area contributed by atoms with Crippen molar-refractivity contribution in [3.05, 3.63) is 12.1 Å². The van der Waals surface area contributed by atoms with E-state index in [4.69, 9.17) is 18.0 Å². The van der Waals surface area contributed by atoms with Gasteiger partial charge in [0, 0.05) is 19.5 Å². The van der Waals surface area contributed by atoms with Crippen LogP contribution in [0.1, 0.15) is 20.3 Å². The zero-order chi connectivity index (χ0) is 13.8. The van der Waals surface area contributed by atoms with Crippen molar-refractivity contribution < 1.29 is 0 Å². The van der Waals surface area contributed by atoms with Gasteiger partial charge in [-0.3, -0.25) is 0 Å². The van der Waals surface area contributed by atoms with E-state index in [1.807, 2.05) is 12.1 Å². The SMILES string of the molecule is CC(C)CN(CCC(N)=S)c1ccc2nnnn2n1. The molecule has 2 rings (SSSR count). The molecular weight excluding hydrogens is 262 g/mol. The standard InChI is InChI=1S/C11H17N7S/c1-8(2)7-17(6-5-9(12)19)11-4-3-10-13-15-16-18(10)14-11/h3-4,8H,5-7H2,1-2H3,(H2,12,19). The lowest BCUT2D eigenvalue weighted by molar-refractivity contribution is 0.601. The number of tetrazole rings is 1. The van der Waals surface area contributed by atoms with Crippen LogP contribution in [0.15, 0.2) is 12.1 Å². The summed E-state index contributed by atoms with van der Waals surface area (Å²) in [4.78, 5) is 2.66. The Kier molecular flexibility index (Phi) is 4.20. The molecule has 102 valence electrons. The highest BCUT2D eigenvalue weighted by molar-refractivity contribution is 7.80. The molecule has 0 saturated heterocycles. The van der Waals surface area contributed by atoms with Gasteiger partial charge in [-0.1, -0.05) is 26.1 Å². The predicted molar refractivity (Wildman–Crippen MR) is 77.0 cm³/mol. The number of hydrogen-bond donors (Lipinski definition) is 1. The van der Waals surface area contributed by atoms with Crippen LogP contribution in [0.3, 0.4) is 0 Å². The summed E-state index contributed by atoms with van der Waals surface area (Å²) in [6.45, 7) is 5.93. The summed E-state index contributed by atoms with van der Waals surface area (Å²) in [7, 11) is 0. The van der Waals surface area contributed by atoms with Crippen molar-refractivity contribution in [2.75, 3.05) is 18.0 Å². The number of fused-ring (bicyclic) bond motifs is 1. The van der Waals surface area contributed by atoms with E-state index in [1.54, 1.807) is 0 Å². The minimum Gasteiger partial charge on any atom is -0.393 e. The van der Waals surface area contributed by atoms with Gasteiger partial charge in [0.1, 0.15) is 0 Å². The Balaban J connectivity index is 2.21. The Morgan fingerprint density at radius 2 is 2.26 bits per heavy atom. The quantitative estimate of drug-likeness (QED) is 0.777. The van der Waals surface area contributed by atoms with E-state index < -0.39 is 0 Å². The summed E-state index contributed by atoms with van der Waals surface area (Å²) < 4.78 is 1.42. The molecular formula is C11H17N7S. The van der Waals surface area contributed by atoms with Crippen LogP contribution in [-0.4, -0.2) is 43.3 Å². The van der Waals surface area contributed by atoms with Gasteiger partial charge < -0.3 is 10.6 Å². The van der Waals surface area contributed by atoms with Gasteiger partial charge in [0.25, 0.3) is 0 Å². The molecule has 0 atom stereocenters. The predicted octanol–water partition coefficient (Wildman–Crippen LogP) is 0.658. The molecule has 0 unspecified atom stereocenters. The Bertz CT molecular complexity index is 565. The molecule has 0 aliphatic rings. The fraction of sp³-hybridized carbons (Fsp3) is 0.545. The second-order valence-corrected chi connectivity index (χ2v) is 5.30. The van der Waals surface area contributed by atoms with E-state index in [9.17, 15) is 0 Å². The molecule has 2 N–H and O–H groups in total. The zero-order valence-electron chi connectivity index (χ0n) is 11.0. The summed E-state index contributed by atoms with van der Waals surface area (Å²) in [6, 6.07) is 3.75. The summed E-state index contributed by atoms with van der Waals surface area (Å²) in [6.07, 6.45) is 0.664. The smallest absolute Gasteiger partial charge is 0.200 e. The van der Waals surface area contributed by atoms with Gasteiger partial charge in [-0.2, -0.15) is 0 Å². The normalized spacial score (nSPS) is 11.1. The number of nitrogens with zero attached hydrogens (tertiary/aromatic N) is 6. The largest absolute Gasteiger partial charge is 0.393 e. The molecule has 8 heteroatoms. The van der Waals surface area contributed by atoms with Gasteiger partial charge in [-0.15, -0.1) is 14.8 Å². The lowest BCUT2D eigenvalue weighted by Gasteiger charge is -2.25. The first-order valence-electron chi connectivity index (χ1n) is 6.15. The number of hydrogen-bond acceptors (Lipinski definition) is 6. The number of anilines is 1. The molecule has 0 spiro atoms. The molecule has 2 heterocycles. The Hall–Kier alpha value is -1.83. The van der Waals surface area contributed by atoms with E-state index in [0.717, 1.165) is 18.9 Å². The molecule has 19 heavy (non-hydrogen) atoms. The van der Waals surface area contributed by atoms with E-state index in [1.165, 1.54) is 4.63 Å². The second-order valence-electron chi connectivity index (χ2n) is 4.77. The van der Waals surface area contributed by atoms with E-state index >= 15 is 0 Å². The Labute approximate surface area is 116 Å². The van der Waals surface area contributed by atoms with E-state index in [2.05, 4.69) is 39.4 Å². The van der Waals surface area contributed by atoms with Crippen LogP contribution in [0.5, 0.6) is 0 Å². The molecule has 0 fully saturated rings. The maximum Gasteiger partial charge on any atom is 0.200 e. The second kappa shape index (κ2) is 5.87. The molecule has 0 aromatic carbocycles. The van der Waals surface area contributed by atoms with Crippen molar-refractivity contribution in [2.24, 2.45) is 11.7 Å². The van der Waals surface area contributed by atoms with E-state index in [0.29, 0.717) is 23.0 Å². The summed E-state index contributed by atoms with van der Waals surface area (Å²) in [5, 5.41) is 15.6. The van der Waals surface area contributed by atoms with Crippen LogP contribution in [-0.2, 0) is 0 Å². The van der Waals surface area contributed by atoms with Gasteiger partial charge in [-0.25, -0.2) is 0 Å². The van der Waals surface area contributed by atoms with Gasteiger partial charge in [0.15, 0.2) is 11.5 Å². The van der Waals surface area contributed by atoms with Crippen LogP contribution in [0.4, 0.5) is 5.82 Å². The molecule has 0 bridgehead atoms. The third-order valence-corrected chi connectivity index (χ3v) is 2.80. The monoisotopic (exact) mass is 279 g/mol. The topological polar surface area (TPSA) is 85.2 Å². The summed E-state index contributed by atoms with van der Waals surface area (Å²) >= 11 is 4.93. The molecule has 7 nitrogen and oxygen atoms in total. The van der Waals surface area contributed by atoms with E-state index in [-0.39, 0.29) is 0 Å². The van der Waals surface area contributed by atoms with Gasteiger partial charge >= 0.3 is 0 Å². The van der Waals surface area contributed by atoms with Crippen molar-refractivity contribution in [3.8, 4) is 0 Å². The van der Waals surface area contributed by atoms with Crippen LogP contribution >= 0.6 is 12.2 Å². The Morgan fingerprint density at radius 3 is 2.95 bits per heavy atom. The highest BCUT2D eigenvalue weighted by atomic mass is 32.1. The average Bonchev–Trinajstić information content (AvgIpc) is 2.80. The van der Waals surface area contributed by atoms with Crippen molar-refractivity contribution in [3.63, 3.8) is 0 Å². The number of thiocarbonyl (C=S) groups is 1. The molecule has 0 saturated carbocycles. The lowest BCUT2D eigenvalue weighted by Crippen LogP contribution is -2.32. The van der Waals surface area contributed by atoms with Crippen molar-refractivity contribution in [1.29, 1.82) is 0 Å². The highest BCUT2D eigenvalue weighted by Gasteiger charge is 2.12. The molecule has 0 radical (unpaired) electrons. The fourth-order valence-corrected chi connectivity index (χ4v) is 1.89. The number of nitrogens with two attached hydrogens (primary N) is 1. The molecule has 0 aliphatic heterocycles. The molecule has 2 aromatic heterocycles. The minimum atomic E-state index is 0.511. The number of rotatable bonds is 6. The summed E-state index contributed by atoms with van der Waals surface area (Å²) in [5.41, 5.74) is 6.20. The summed E-state index contributed by atoms with van der Waals surface area (Å²) in [5.74, 6) is 1.34. The average molecular weight is 279 g/mol. The third-order valence-electron chi connectivity index (χ3n) is 2.59. The van der Waals surface area contributed by atoms with Crippen molar-refractivity contribution in [1.82, 2.24) is 25.3 Å². The first-order chi connectivity index (χ1) is 9.06. The minimum absolute atomic E-state index is 0.511. The van der Waals surface area contributed by atoms with Gasteiger partial charge in [0.2, 0.25) is 0 Å². The highest BCUT2D eigenvalue weighted by Crippen LogP contribution is 2.13. The molecule has 2 aromatic rings. The van der Waals surface area contributed by atoms with Crippen molar-refractivity contribution >= 4 is 28.7 Å². The molecule has 0 amide bonds. The fourth-order valence-electron chi connectivity index (χ4n) is 1.79. The Morgan fingerprint density at radius 1 is 1.47 bits per heavy atom. The van der Waals surface area contributed by atoms with Crippen LogP contribution in [0.2, 0.25) is 0 Å². The molecule has 0 aliphatic carbocycles. The van der Waals surface area contributed by atoms with Crippen LogP contribution in [0, 0.1) is 5.92 Å². The lowest BCUT2D eigenvalue weighted by atomic mass is 10.2. The first-order valence-corrected chi connectivity index (χ1v) is 6.56. The first kappa shape index (κ1) is 13.6. The van der Waals surface area contributed by atoms with Crippen LogP contribution in [0.25, 0.3) is 5.65 Å². The van der Waals surface area contributed by atoms with Gasteiger partial charge in [0.05, 0.1) is 4.99 Å². The van der Waals surface area contributed by atoms with Crippen LogP contribution < -0.4 is 10.6 Å². The maximum absolute atomic E-state index is 5.57. The maximum atomic E-state index is 5.57.